The van der Waals surface area contributed by atoms with Crippen LogP contribution in [0, 0.1) is 51.2 Å². The van der Waals surface area contributed by atoms with E-state index in [0.29, 0.717) is 44.2 Å². The minimum Gasteiger partial charge on any atom is -0.349 e. The molecule has 4 rings (SSSR count). The van der Waals surface area contributed by atoms with Gasteiger partial charge in [-0.05, 0) is 70.5 Å². The minimum atomic E-state index is -1.07. The number of nitrogens with one attached hydrogen (secondary N) is 1. The van der Waals surface area contributed by atoms with E-state index in [1.54, 1.807) is 42.5 Å². The SMILES string of the molecule is C[C@@H](NC(=O)c1ccc2c(C(C#N)C#N)c3ccccc3c(C(C#N)C#N)c2c1)C1CCCCC1. The Morgan fingerprint density at radius 1 is 0.800 bits per heavy atom. The highest BCUT2D eigenvalue weighted by Gasteiger charge is 2.26. The molecule has 1 saturated carbocycles. The molecular formula is C29H25N5O. The highest BCUT2D eigenvalue weighted by atomic mass is 16.1. The normalized spacial score (nSPS) is 14.7. The first-order chi connectivity index (χ1) is 17.0. The van der Waals surface area contributed by atoms with E-state index >= 15 is 0 Å². The Morgan fingerprint density at radius 3 is 1.86 bits per heavy atom. The van der Waals surface area contributed by atoms with Gasteiger partial charge in [0.15, 0.2) is 11.8 Å². The van der Waals surface area contributed by atoms with Crippen LogP contribution in [0.3, 0.4) is 0 Å². The predicted molar refractivity (Wildman–Crippen MR) is 133 cm³/mol. The van der Waals surface area contributed by atoms with Gasteiger partial charge in [0.05, 0.1) is 24.3 Å². The van der Waals surface area contributed by atoms with Gasteiger partial charge >= 0.3 is 0 Å². The molecule has 1 aliphatic rings. The first kappa shape index (κ1) is 23.8. The first-order valence-corrected chi connectivity index (χ1v) is 11.9. The maximum atomic E-state index is 13.2. The molecule has 0 spiro atoms. The third kappa shape index (κ3) is 4.40. The number of carbonyl (C=O) groups is 1. The minimum absolute atomic E-state index is 0.0395. The Kier molecular flexibility index (Phi) is 6.96. The number of nitriles is 4. The Morgan fingerprint density at radius 2 is 1.31 bits per heavy atom. The van der Waals surface area contributed by atoms with Crippen molar-refractivity contribution in [3.8, 4) is 24.3 Å². The molecule has 3 aromatic carbocycles. The van der Waals surface area contributed by atoms with Gasteiger partial charge in [-0.25, -0.2) is 0 Å². The molecule has 0 unspecified atom stereocenters. The maximum absolute atomic E-state index is 13.2. The summed E-state index contributed by atoms with van der Waals surface area (Å²) in [7, 11) is 0. The second kappa shape index (κ2) is 10.3. The summed E-state index contributed by atoms with van der Waals surface area (Å²) in [6, 6.07) is 20.6. The average molecular weight is 460 g/mol. The second-order valence-electron chi connectivity index (χ2n) is 9.18. The standard InChI is InChI=1S/C29H25N5O/c1-18(19-7-3-2-4-8-19)34-29(35)20-11-12-25-26(13-20)28(22(16-32)17-33)24-10-6-5-9-23(24)27(25)21(14-30)15-31/h5-6,9-13,18-19,21-22H,2-4,7-8H2,1H3,(H,34,35)/t18-/m1/s1. The van der Waals surface area contributed by atoms with Crippen LogP contribution in [-0.4, -0.2) is 11.9 Å². The average Bonchev–Trinajstić information content (AvgIpc) is 2.90. The van der Waals surface area contributed by atoms with Crippen molar-refractivity contribution >= 4 is 27.5 Å². The van der Waals surface area contributed by atoms with Crippen LogP contribution in [0.1, 0.15) is 72.3 Å². The fourth-order valence-electron chi connectivity index (χ4n) is 5.37. The molecule has 0 bridgehead atoms. The summed E-state index contributed by atoms with van der Waals surface area (Å²) in [4.78, 5) is 13.2. The number of fused-ring (bicyclic) bond motifs is 2. The van der Waals surface area contributed by atoms with Gasteiger partial charge in [-0.2, -0.15) is 21.0 Å². The summed E-state index contributed by atoms with van der Waals surface area (Å²) in [5, 5.41) is 44.5. The van der Waals surface area contributed by atoms with Crippen LogP contribution in [0.15, 0.2) is 42.5 Å². The molecule has 6 heteroatoms. The van der Waals surface area contributed by atoms with Crippen molar-refractivity contribution in [2.45, 2.75) is 56.9 Å². The van der Waals surface area contributed by atoms with E-state index in [2.05, 4.69) is 29.6 Å². The number of hydrogen-bond acceptors (Lipinski definition) is 5. The number of nitrogens with zero attached hydrogens (tertiary/aromatic N) is 4. The van der Waals surface area contributed by atoms with E-state index in [0.717, 1.165) is 12.8 Å². The van der Waals surface area contributed by atoms with Crippen molar-refractivity contribution in [3.63, 3.8) is 0 Å². The molecule has 6 nitrogen and oxygen atoms in total. The van der Waals surface area contributed by atoms with Crippen molar-refractivity contribution in [3.05, 3.63) is 59.2 Å². The van der Waals surface area contributed by atoms with Crippen molar-refractivity contribution < 1.29 is 4.79 Å². The fourth-order valence-corrected chi connectivity index (χ4v) is 5.37. The molecule has 3 aromatic rings. The predicted octanol–water partition coefficient (Wildman–Crippen LogP) is 5.95. The molecule has 1 atom stereocenters. The second-order valence-corrected chi connectivity index (χ2v) is 9.18. The van der Waals surface area contributed by atoms with E-state index in [1.807, 2.05) is 6.92 Å². The van der Waals surface area contributed by atoms with Gasteiger partial charge in [0.2, 0.25) is 0 Å². The molecule has 1 fully saturated rings. The lowest BCUT2D eigenvalue weighted by molar-refractivity contribution is 0.0919. The van der Waals surface area contributed by atoms with Crippen LogP contribution in [-0.2, 0) is 0 Å². The molecular weight excluding hydrogens is 434 g/mol. The summed E-state index contributed by atoms with van der Waals surface area (Å²) in [5.74, 6) is -1.87. The van der Waals surface area contributed by atoms with Crippen LogP contribution >= 0.6 is 0 Å². The van der Waals surface area contributed by atoms with Crippen molar-refractivity contribution in [2.75, 3.05) is 0 Å². The lowest BCUT2D eigenvalue weighted by Crippen LogP contribution is -2.38. The zero-order chi connectivity index (χ0) is 24.9. The number of rotatable bonds is 5. The first-order valence-electron chi connectivity index (χ1n) is 11.9. The van der Waals surface area contributed by atoms with Gasteiger partial charge in [0.25, 0.3) is 5.91 Å². The molecule has 1 N–H and O–H groups in total. The van der Waals surface area contributed by atoms with Crippen LogP contribution in [0.4, 0.5) is 0 Å². The molecule has 0 heterocycles. The summed E-state index contributed by atoms with van der Waals surface area (Å²) >= 11 is 0. The lowest BCUT2D eigenvalue weighted by atomic mass is 9.82. The monoisotopic (exact) mass is 459 g/mol. The Labute approximate surface area is 205 Å². The third-order valence-corrected chi connectivity index (χ3v) is 7.18. The molecule has 1 amide bonds. The quantitative estimate of drug-likeness (QED) is 0.472. The third-order valence-electron chi connectivity index (χ3n) is 7.18. The van der Waals surface area contributed by atoms with Crippen molar-refractivity contribution in [2.24, 2.45) is 5.92 Å². The summed E-state index contributed by atoms with van der Waals surface area (Å²) in [6.07, 6.45) is 5.82. The molecule has 172 valence electrons. The van der Waals surface area contributed by atoms with Gasteiger partial charge in [-0.3, -0.25) is 4.79 Å². The molecule has 0 radical (unpaired) electrons. The Hall–Kier alpha value is -4.39. The van der Waals surface area contributed by atoms with E-state index in [1.165, 1.54) is 19.3 Å². The van der Waals surface area contributed by atoms with E-state index in [9.17, 15) is 25.8 Å². The van der Waals surface area contributed by atoms with Crippen LogP contribution < -0.4 is 5.32 Å². The summed E-state index contributed by atoms with van der Waals surface area (Å²) in [6.45, 7) is 2.04. The van der Waals surface area contributed by atoms with Crippen LogP contribution in [0.25, 0.3) is 21.5 Å². The van der Waals surface area contributed by atoms with Crippen molar-refractivity contribution in [1.29, 1.82) is 21.0 Å². The number of benzene rings is 3. The Bertz CT molecular complexity index is 1430. The number of carbonyl (C=O) groups excluding carboxylic acids is 1. The van der Waals surface area contributed by atoms with Crippen LogP contribution in [0.2, 0.25) is 0 Å². The van der Waals surface area contributed by atoms with Crippen LogP contribution in [0.5, 0.6) is 0 Å². The molecule has 35 heavy (non-hydrogen) atoms. The smallest absolute Gasteiger partial charge is 0.251 e. The Balaban J connectivity index is 1.91. The van der Waals surface area contributed by atoms with E-state index in [4.69, 9.17) is 0 Å². The molecule has 1 aliphatic carbocycles. The van der Waals surface area contributed by atoms with E-state index in [-0.39, 0.29) is 11.9 Å². The highest BCUT2D eigenvalue weighted by Crippen LogP contribution is 2.40. The topological polar surface area (TPSA) is 124 Å². The fraction of sp³-hybridized carbons (Fsp3) is 0.345. The van der Waals surface area contributed by atoms with Gasteiger partial charge < -0.3 is 5.32 Å². The highest BCUT2D eigenvalue weighted by molar-refractivity contribution is 6.10. The van der Waals surface area contributed by atoms with E-state index < -0.39 is 11.8 Å². The summed E-state index contributed by atoms with van der Waals surface area (Å²) < 4.78 is 0. The van der Waals surface area contributed by atoms with Gasteiger partial charge in [-0.1, -0.05) is 49.6 Å². The molecule has 0 saturated heterocycles. The largest absolute Gasteiger partial charge is 0.349 e. The maximum Gasteiger partial charge on any atom is 0.251 e. The van der Waals surface area contributed by atoms with Crippen molar-refractivity contribution in [1.82, 2.24) is 5.32 Å². The number of hydrogen-bond donors (Lipinski definition) is 1. The molecule has 0 aliphatic heterocycles. The zero-order valence-electron chi connectivity index (χ0n) is 19.6. The number of amides is 1. The lowest BCUT2D eigenvalue weighted by Gasteiger charge is -2.28. The zero-order valence-corrected chi connectivity index (χ0v) is 19.6. The van der Waals surface area contributed by atoms with Gasteiger partial charge in [0, 0.05) is 11.6 Å². The molecule has 0 aromatic heterocycles. The van der Waals surface area contributed by atoms with Gasteiger partial charge in [-0.15, -0.1) is 0 Å². The van der Waals surface area contributed by atoms with Gasteiger partial charge in [0.1, 0.15) is 0 Å². The summed E-state index contributed by atoms with van der Waals surface area (Å²) in [5.41, 5.74) is 1.44.